The van der Waals surface area contributed by atoms with Crippen LogP contribution in [0.5, 0.6) is 5.75 Å². The van der Waals surface area contributed by atoms with Crippen molar-refractivity contribution in [1.29, 1.82) is 0 Å². The van der Waals surface area contributed by atoms with Crippen molar-refractivity contribution in [3.8, 4) is 16.3 Å². The summed E-state index contributed by atoms with van der Waals surface area (Å²) >= 11 is 11.1. The second-order valence-electron chi connectivity index (χ2n) is 6.42. The van der Waals surface area contributed by atoms with Crippen LogP contribution in [-0.4, -0.2) is 17.5 Å². The summed E-state index contributed by atoms with van der Waals surface area (Å²) in [6.45, 7) is 1.79. The molecule has 0 radical (unpaired) electrons. The van der Waals surface area contributed by atoms with Gasteiger partial charge in [-0.1, -0.05) is 39.7 Å². The number of hydrogen-bond acceptors (Lipinski definition) is 4. The van der Waals surface area contributed by atoms with Gasteiger partial charge in [-0.3, -0.25) is 4.79 Å². The Labute approximate surface area is 185 Å². The predicted molar refractivity (Wildman–Crippen MR) is 123 cm³/mol. The summed E-state index contributed by atoms with van der Waals surface area (Å²) in [6.07, 6.45) is 0. The largest absolute Gasteiger partial charge is 0.483 e. The SMILES string of the molecule is Cc1cc(Cl)ccc1OCC(=O)Nc1ccc(Br)cc1-c1nc2ccccc2s1. The number of benzene rings is 3. The van der Waals surface area contributed by atoms with Crippen molar-refractivity contribution in [2.24, 2.45) is 0 Å². The van der Waals surface area contributed by atoms with E-state index in [0.717, 1.165) is 30.8 Å². The Morgan fingerprint density at radius 3 is 2.79 bits per heavy atom. The van der Waals surface area contributed by atoms with Crippen LogP contribution in [0.4, 0.5) is 5.69 Å². The Kier molecular flexibility index (Phi) is 5.85. The Hall–Kier alpha value is -2.41. The number of nitrogens with zero attached hydrogens (tertiary/aromatic N) is 1. The van der Waals surface area contributed by atoms with Crippen molar-refractivity contribution in [3.63, 3.8) is 0 Å². The molecule has 0 spiro atoms. The van der Waals surface area contributed by atoms with Crippen LogP contribution in [0, 0.1) is 6.92 Å². The Morgan fingerprint density at radius 2 is 2.00 bits per heavy atom. The van der Waals surface area contributed by atoms with Crippen LogP contribution in [-0.2, 0) is 4.79 Å². The molecule has 4 nitrogen and oxygen atoms in total. The van der Waals surface area contributed by atoms with Gasteiger partial charge in [0.15, 0.2) is 6.61 Å². The van der Waals surface area contributed by atoms with Gasteiger partial charge in [-0.25, -0.2) is 4.98 Å². The first-order valence-electron chi connectivity index (χ1n) is 8.84. The molecular weight excluding hydrogens is 472 g/mol. The van der Waals surface area contributed by atoms with Crippen molar-refractivity contribution >= 4 is 60.7 Å². The first-order chi connectivity index (χ1) is 14.0. The summed E-state index contributed by atoms with van der Waals surface area (Å²) in [5.41, 5.74) is 3.36. The molecule has 1 N–H and O–H groups in total. The minimum Gasteiger partial charge on any atom is -0.483 e. The van der Waals surface area contributed by atoms with Crippen molar-refractivity contribution in [1.82, 2.24) is 4.98 Å². The van der Waals surface area contributed by atoms with E-state index in [9.17, 15) is 4.79 Å². The van der Waals surface area contributed by atoms with E-state index < -0.39 is 0 Å². The smallest absolute Gasteiger partial charge is 0.262 e. The Balaban J connectivity index is 1.54. The highest BCUT2D eigenvalue weighted by Crippen LogP contribution is 2.36. The molecule has 1 amide bonds. The molecule has 0 saturated carbocycles. The number of aromatic nitrogens is 1. The normalized spacial score (nSPS) is 10.9. The van der Waals surface area contributed by atoms with Crippen LogP contribution in [0.1, 0.15) is 5.56 Å². The summed E-state index contributed by atoms with van der Waals surface area (Å²) in [7, 11) is 0. The molecule has 4 aromatic rings. The van der Waals surface area contributed by atoms with Crippen LogP contribution in [0.25, 0.3) is 20.8 Å². The van der Waals surface area contributed by atoms with Gasteiger partial charge >= 0.3 is 0 Å². The number of hydrogen-bond donors (Lipinski definition) is 1. The standard InChI is InChI=1S/C22H16BrClN2O2S/c1-13-10-15(24)7-9-19(13)28-12-21(27)25-17-8-6-14(23)11-16(17)22-26-18-4-2-3-5-20(18)29-22/h2-11H,12H2,1H3,(H,25,27). The van der Waals surface area contributed by atoms with Gasteiger partial charge in [0.2, 0.25) is 0 Å². The van der Waals surface area contributed by atoms with Gasteiger partial charge in [0.1, 0.15) is 10.8 Å². The van der Waals surface area contributed by atoms with Gasteiger partial charge in [0.05, 0.1) is 15.9 Å². The molecule has 1 aromatic heterocycles. The van der Waals surface area contributed by atoms with Crippen LogP contribution in [0.3, 0.4) is 0 Å². The number of carbonyl (C=O) groups is 1. The Bertz CT molecular complexity index is 1180. The molecule has 0 aliphatic carbocycles. The van der Waals surface area contributed by atoms with Gasteiger partial charge in [0, 0.05) is 15.1 Å². The molecule has 7 heteroatoms. The second-order valence-corrected chi connectivity index (χ2v) is 8.81. The minimum atomic E-state index is -0.246. The summed E-state index contributed by atoms with van der Waals surface area (Å²) < 4.78 is 7.66. The number of nitrogens with one attached hydrogen (secondary N) is 1. The number of fused-ring (bicyclic) bond motifs is 1. The fourth-order valence-electron chi connectivity index (χ4n) is 2.89. The van der Waals surface area contributed by atoms with Crippen molar-refractivity contribution in [3.05, 3.63) is 75.7 Å². The molecule has 29 heavy (non-hydrogen) atoms. The molecule has 0 bridgehead atoms. The zero-order valence-corrected chi connectivity index (χ0v) is 18.6. The highest BCUT2D eigenvalue weighted by atomic mass is 79.9. The number of amides is 1. The van der Waals surface area contributed by atoms with Gasteiger partial charge < -0.3 is 10.1 Å². The lowest BCUT2D eigenvalue weighted by molar-refractivity contribution is -0.118. The van der Waals surface area contributed by atoms with E-state index in [-0.39, 0.29) is 12.5 Å². The number of para-hydroxylation sites is 1. The maximum Gasteiger partial charge on any atom is 0.262 e. The zero-order valence-electron chi connectivity index (χ0n) is 15.4. The second kappa shape index (κ2) is 8.53. The van der Waals surface area contributed by atoms with Crippen LogP contribution < -0.4 is 10.1 Å². The van der Waals surface area contributed by atoms with E-state index in [1.807, 2.05) is 49.4 Å². The van der Waals surface area contributed by atoms with Crippen molar-refractivity contribution in [2.75, 3.05) is 11.9 Å². The molecule has 0 aliphatic heterocycles. The van der Waals surface area contributed by atoms with Crippen LogP contribution in [0.15, 0.2) is 65.1 Å². The fourth-order valence-corrected chi connectivity index (χ4v) is 4.48. The van der Waals surface area contributed by atoms with E-state index in [1.165, 1.54) is 0 Å². The lowest BCUT2D eigenvalue weighted by Gasteiger charge is -2.12. The third-order valence-electron chi connectivity index (χ3n) is 4.28. The number of rotatable bonds is 5. The average molecular weight is 488 g/mol. The highest BCUT2D eigenvalue weighted by molar-refractivity contribution is 9.10. The zero-order chi connectivity index (χ0) is 20.4. The molecule has 3 aromatic carbocycles. The van der Waals surface area contributed by atoms with E-state index in [1.54, 1.807) is 29.5 Å². The number of aryl methyl sites for hydroxylation is 1. The maximum atomic E-state index is 12.5. The molecule has 1 heterocycles. The minimum absolute atomic E-state index is 0.0994. The van der Waals surface area contributed by atoms with Crippen LogP contribution >= 0.6 is 38.9 Å². The molecule has 4 rings (SSSR count). The van der Waals surface area contributed by atoms with Gasteiger partial charge in [-0.2, -0.15) is 0 Å². The summed E-state index contributed by atoms with van der Waals surface area (Å²) in [5.74, 6) is 0.385. The quantitative estimate of drug-likeness (QED) is 0.340. The first-order valence-corrected chi connectivity index (χ1v) is 10.8. The third kappa shape index (κ3) is 4.61. The number of carbonyl (C=O) groups excluding carboxylic acids is 1. The third-order valence-corrected chi connectivity index (χ3v) is 6.07. The first kappa shape index (κ1) is 19.9. The van der Waals surface area contributed by atoms with Crippen molar-refractivity contribution < 1.29 is 9.53 Å². The van der Waals surface area contributed by atoms with E-state index in [2.05, 4.69) is 21.2 Å². The van der Waals surface area contributed by atoms with E-state index in [0.29, 0.717) is 16.5 Å². The summed E-state index contributed by atoms with van der Waals surface area (Å²) in [4.78, 5) is 17.2. The molecule has 0 aliphatic rings. The topological polar surface area (TPSA) is 51.2 Å². The van der Waals surface area contributed by atoms with Gasteiger partial charge in [0.25, 0.3) is 5.91 Å². The number of ether oxygens (including phenoxy) is 1. The molecule has 0 fully saturated rings. The Morgan fingerprint density at radius 1 is 1.17 bits per heavy atom. The van der Waals surface area contributed by atoms with Crippen molar-refractivity contribution in [2.45, 2.75) is 6.92 Å². The number of anilines is 1. The number of halogens is 2. The lowest BCUT2D eigenvalue weighted by Crippen LogP contribution is -2.20. The predicted octanol–water partition coefficient (Wildman–Crippen LogP) is 6.71. The average Bonchev–Trinajstić information content (AvgIpc) is 3.13. The lowest BCUT2D eigenvalue weighted by atomic mass is 10.2. The summed E-state index contributed by atoms with van der Waals surface area (Å²) in [6, 6.07) is 19.0. The molecule has 0 atom stereocenters. The molecule has 146 valence electrons. The fraction of sp³-hybridized carbons (Fsp3) is 0.0909. The van der Waals surface area contributed by atoms with Gasteiger partial charge in [-0.15, -0.1) is 11.3 Å². The highest BCUT2D eigenvalue weighted by Gasteiger charge is 2.14. The van der Waals surface area contributed by atoms with Crippen LogP contribution in [0.2, 0.25) is 5.02 Å². The monoisotopic (exact) mass is 486 g/mol. The molecular formula is C22H16BrClN2O2S. The summed E-state index contributed by atoms with van der Waals surface area (Å²) in [5, 5.41) is 4.42. The number of thiazole rings is 1. The molecule has 0 unspecified atom stereocenters. The maximum absolute atomic E-state index is 12.5. The van der Waals surface area contributed by atoms with Gasteiger partial charge in [-0.05, 0) is 61.0 Å². The molecule has 0 saturated heterocycles. The van der Waals surface area contributed by atoms with E-state index in [4.69, 9.17) is 21.3 Å². The van der Waals surface area contributed by atoms with E-state index >= 15 is 0 Å².